The molecule has 2 heterocycles. The summed E-state index contributed by atoms with van der Waals surface area (Å²) in [5.74, 6) is 0.479. The number of carbonyl (C=O) groups excluding carboxylic acids is 1. The predicted octanol–water partition coefficient (Wildman–Crippen LogP) is 0.925. The summed E-state index contributed by atoms with van der Waals surface area (Å²) >= 11 is 0. The van der Waals surface area contributed by atoms with Gasteiger partial charge in [-0.1, -0.05) is 0 Å². The number of hydrogen-bond acceptors (Lipinski definition) is 6. The molecule has 3 rings (SSSR count). The van der Waals surface area contributed by atoms with E-state index in [0.717, 1.165) is 29.6 Å². The molecule has 0 aliphatic carbocycles. The van der Waals surface area contributed by atoms with Gasteiger partial charge in [-0.05, 0) is 37.1 Å². The van der Waals surface area contributed by atoms with Gasteiger partial charge in [0, 0.05) is 38.8 Å². The van der Waals surface area contributed by atoms with Crippen LogP contribution < -0.4 is 10.4 Å². The van der Waals surface area contributed by atoms with Gasteiger partial charge in [-0.3, -0.25) is 9.69 Å². The van der Waals surface area contributed by atoms with E-state index in [4.69, 9.17) is 14.3 Å². The summed E-state index contributed by atoms with van der Waals surface area (Å²) in [5.41, 5.74) is 1.72. The summed E-state index contributed by atoms with van der Waals surface area (Å²) in [5, 5.41) is 9.70. The fraction of sp³-hybridized carbons (Fsp3) is 0.474. The van der Waals surface area contributed by atoms with Gasteiger partial charge in [0.2, 0.25) is 0 Å². The fourth-order valence-corrected chi connectivity index (χ4v) is 3.28. The van der Waals surface area contributed by atoms with Gasteiger partial charge >= 0.3 is 5.63 Å². The summed E-state index contributed by atoms with van der Waals surface area (Å²) in [7, 11) is 0. The summed E-state index contributed by atoms with van der Waals surface area (Å²) in [6, 6.07) is 5.06. The monoisotopic (exact) mass is 360 g/mol. The summed E-state index contributed by atoms with van der Waals surface area (Å²) in [6.45, 7) is 7.19. The first-order chi connectivity index (χ1) is 12.5. The largest absolute Gasteiger partial charge is 0.483 e. The van der Waals surface area contributed by atoms with E-state index in [-0.39, 0.29) is 19.1 Å². The van der Waals surface area contributed by atoms with Crippen molar-refractivity contribution in [3.63, 3.8) is 0 Å². The minimum atomic E-state index is -0.400. The van der Waals surface area contributed by atoms with Gasteiger partial charge in [0.25, 0.3) is 5.91 Å². The number of fused-ring (bicyclic) bond motifs is 1. The number of hydrogen-bond donors (Lipinski definition) is 1. The lowest BCUT2D eigenvalue weighted by atomic mass is 10.1. The number of aliphatic hydroxyl groups is 1. The number of carbonyl (C=O) groups is 1. The molecule has 26 heavy (non-hydrogen) atoms. The van der Waals surface area contributed by atoms with Gasteiger partial charge < -0.3 is 19.2 Å². The van der Waals surface area contributed by atoms with E-state index in [2.05, 4.69) is 4.90 Å². The van der Waals surface area contributed by atoms with Crippen molar-refractivity contribution >= 4 is 16.9 Å². The summed E-state index contributed by atoms with van der Waals surface area (Å²) in [4.78, 5) is 27.9. The highest BCUT2D eigenvalue weighted by molar-refractivity contribution is 5.88. The average molecular weight is 360 g/mol. The van der Waals surface area contributed by atoms with Gasteiger partial charge in [-0.15, -0.1) is 0 Å². The van der Waals surface area contributed by atoms with Gasteiger partial charge in [0.05, 0.1) is 12.0 Å². The van der Waals surface area contributed by atoms with E-state index in [0.29, 0.717) is 31.0 Å². The topological polar surface area (TPSA) is 83.2 Å². The van der Waals surface area contributed by atoms with E-state index in [1.807, 2.05) is 19.9 Å². The fourth-order valence-electron chi connectivity index (χ4n) is 3.28. The molecule has 2 aromatic rings. The molecule has 0 bridgehead atoms. The van der Waals surface area contributed by atoms with Crippen molar-refractivity contribution in [2.45, 2.75) is 13.8 Å². The lowest BCUT2D eigenvalue weighted by Crippen LogP contribution is -2.50. The molecule has 0 spiro atoms. The molecule has 0 radical (unpaired) electrons. The van der Waals surface area contributed by atoms with Gasteiger partial charge in [0.1, 0.15) is 11.3 Å². The molecule has 7 heteroatoms. The van der Waals surface area contributed by atoms with Crippen molar-refractivity contribution < 1.29 is 19.1 Å². The molecule has 1 amide bonds. The van der Waals surface area contributed by atoms with Gasteiger partial charge in [-0.2, -0.15) is 0 Å². The molecule has 7 nitrogen and oxygen atoms in total. The first-order valence-electron chi connectivity index (χ1n) is 8.77. The molecule has 1 fully saturated rings. The highest BCUT2D eigenvalue weighted by Gasteiger charge is 2.21. The third-order valence-corrected chi connectivity index (χ3v) is 4.64. The SMILES string of the molecule is Cc1cc(OCC(=O)N2CCN(CCO)CC2)c2c(C)cc(=O)oc2c1. The Labute approximate surface area is 151 Å². The maximum Gasteiger partial charge on any atom is 0.336 e. The van der Waals surface area contributed by atoms with E-state index < -0.39 is 5.63 Å². The number of piperazine rings is 1. The molecule has 0 saturated carbocycles. The van der Waals surface area contributed by atoms with Crippen molar-refractivity contribution in [1.29, 1.82) is 0 Å². The zero-order chi connectivity index (χ0) is 18.7. The third kappa shape index (κ3) is 4.05. The Balaban J connectivity index is 1.70. The maximum absolute atomic E-state index is 12.5. The van der Waals surface area contributed by atoms with E-state index in [1.165, 1.54) is 6.07 Å². The summed E-state index contributed by atoms with van der Waals surface area (Å²) in [6.07, 6.45) is 0. The number of ether oxygens (including phenoxy) is 1. The third-order valence-electron chi connectivity index (χ3n) is 4.64. The molecule has 1 aromatic heterocycles. The smallest absolute Gasteiger partial charge is 0.336 e. The van der Waals surface area contributed by atoms with Crippen molar-refractivity contribution in [2.75, 3.05) is 45.9 Å². The molecular weight excluding hydrogens is 336 g/mol. The van der Waals surface area contributed by atoms with E-state index in [1.54, 1.807) is 11.0 Å². The Hall–Kier alpha value is -2.38. The molecule has 1 N–H and O–H groups in total. The number of rotatable bonds is 5. The Morgan fingerprint density at radius 2 is 1.92 bits per heavy atom. The number of aryl methyl sites for hydroxylation is 2. The standard InChI is InChI=1S/C19H24N2O5/c1-13-9-15(19-14(2)11-18(24)26-16(19)10-13)25-12-17(23)21-5-3-20(4-6-21)7-8-22/h9-11,22H,3-8,12H2,1-2H3. The zero-order valence-corrected chi connectivity index (χ0v) is 15.2. The van der Waals surface area contributed by atoms with Crippen LogP contribution in [-0.4, -0.2) is 66.8 Å². The average Bonchev–Trinajstić information content (AvgIpc) is 2.59. The highest BCUT2D eigenvalue weighted by atomic mass is 16.5. The highest BCUT2D eigenvalue weighted by Crippen LogP contribution is 2.29. The van der Waals surface area contributed by atoms with Crippen LogP contribution in [0.25, 0.3) is 11.0 Å². The molecule has 140 valence electrons. The van der Waals surface area contributed by atoms with E-state index >= 15 is 0 Å². The summed E-state index contributed by atoms with van der Waals surface area (Å²) < 4.78 is 11.1. The zero-order valence-electron chi connectivity index (χ0n) is 15.2. The van der Waals surface area contributed by atoms with Crippen LogP contribution in [0.3, 0.4) is 0 Å². The molecule has 1 aliphatic heterocycles. The molecule has 1 saturated heterocycles. The lowest BCUT2D eigenvalue weighted by Gasteiger charge is -2.34. The predicted molar refractivity (Wildman–Crippen MR) is 97.6 cm³/mol. The van der Waals surface area contributed by atoms with Crippen LogP contribution in [0.5, 0.6) is 5.75 Å². The molecular formula is C19H24N2O5. The van der Waals surface area contributed by atoms with Crippen LogP contribution in [0, 0.1) is 13.8 Å². The molecule has 0 unspecified atom stereocenters. The number of benzene rings is 1. The minimum Gasteiger partial charge on any atom is -0.483 e. The normalized spacial score (nSPS) is 15.4. The Kier molecular flexibility index (Phi) is 5.58. The number of β-amino-alcohol motifs (C(OH)–C–C–N with tert-alkyl or cyclic N) is 1. The second-order valence-corrected chi connectivity index (χ2v) is 6.62. The lowest BCUT2D eigenvalue weighted by molar-refractivity contribution is -0.135. The van der Waals surface area contributed by atoms with E-state index in [9.17, 15) is 9.59 Å². The number of nitrogens with zero attached hydrogens (tertiary/aromatic N) is 2. The van der Waals surface area contributed by atoms with Crippen LogP contribution >= 0.6 is 0 Å². The van der Waals surface area contributed by atoms with Crippen molar-refractivity contribution in [2.24, 2.45) is 0 Å². The molecule has 0 atom stereocenters. The second-order valence-electron chi connectivity index (χ2n) is 6.62. The maximum atomic E-state index is 12.5. The van der Waals surface area contributed by atoms with Crippen LogP contribution in [0.2, 0.25) is 0 Å². The van der Waals surface area contributed by atoms with Crippen LogP contribution in [-0.2, 0) is 4.79 Å². The van der Waals surface area contributed by atoms with Crippen molar-refractivity contribution in [3.05, 3.63) is 39.7 Å². The van der Waals surface area contributed by atoms with Crippen molar-refractivity contribution in [3.8, 4) is 5.75 Å². The quantitative estimate of drug-likeness (QED) is 0.799. The molecule has 1 aliphatic rings. The Morgan fingerprint density at radius 1 is 1.19 bits per heavy atom. The Morgan fingerprint density at radius 3 is 2.62 bits per heavy atom. The number of aliphatic hydroxyl groups excluding tert-OH is 1. The second kappa shape index (κ2) is 7.88. The first-order valence-corrected chi connectivity index (χ1v) is 8.77. The first kappa shape index (κ1) is 18.4. The van der Waals surface area contributed by atoms with Crippen molar-refractivity contribution in [1.82, 2.24) is 9.80 Å². The van der Waals surface area contributed by atoms with Gasteiger partial charge in [0.15, 0.2) is 6.61 Å². The Bertz CT molecular complexity index is 853. The van der Waals surface area contributed by atoms with Gasteiger partial charge in [-0.25, -0.2) is 4.79 Å². The molecule has 1 aromatic carbocycles. The number of amides is 1. The minimum absolute atomic E-state index is 0.0584. The van der Waals surface area contributed by atoms with Crippen LogP contribution in [0.4, 0.5) is 0 Å². The van der Waals surface area contributed by atoms with Crippen LogP contribution in [0.1, 0.15) is 11.1 Å². The van der Waals surface area contributed by atoms with Crippen LogP contribution in [0.15, 0.2) is 27.4 Å².